The zero-order valence-corrected chi connectivity index (χ0v) is 18.9. The van der Waals surface area contributed by atoms with E-state index < -0.39 is 5.91 Å². The molecule has 0 radical (unpaired) electrons. The van der Waals surface area contributed by atoms with E-state index in [0.717, 1.165) is 11.1 Å². The molecule has 33 heavy (non-hydrogen) atoms. The molecule has 0 saturated carbocycles. The van der Waals surface area contributed by atoms with Crippen LogP contribution in [0.4, 0.5) is 11.4 Å². The number of nitrogens with zero attached hydrogens (tertiary/aromatic N) is 1. The molecule has 0 atom stereocenters. The minimum absolute atomic E-state index is 0.0496. The predicted octanol–water partition coefficient (Wildman–Crippen LogP) is 5.52. The van der Waals surface area contributed by atoms with Gasteiger partial charge in [0.1, 0.15) is 17.4 Å². The third-order valence-electron chi connectivity index (χ3n) is 4.82. The first kappa shape index (κ1) is 23.6. The van der Waals surface area contributed by atoms with Crippen LogP contribution in [0.3, 0.4) is 0 Å². The molecule has 0 unspecified atom stereocenters. The van der Waals surface area contributed by atoms with Crippen molar-refractivity contribution in [1.82, 2.24) is 0 Å². The van der Waals surface area contributed by atoms with Crippen LogP contribution in [-0.4, -0.2) is 18.4 Å². The Balaban J connectivity index is 1.56. The molecule has 0 fully saturated rings. The molecule has 0 spiro atoms. The summed E-state index contributed by atoms with van der Waals surface area (Å²) in [6.45, 7) is 3.85. The molecule has 6 nitrogen and oxygen atoms in total. The number of anilines is 2. The van der Waals surface area contributed by atoms with Crippen LogP contribution in [0, 0.1) is 25.2 Å². The molecule has 0 aliphatic heterocycles. The summed E-state index contributed by atoms with van der Waals surface area (Å²) < 4.78 is 5.53. The molecule has 3 aromatic rings. The fraction of sp³-hybridized carbons (Fsp3) is 0.115. The number of rotatable bonds is 7. The van der Waals surface area contributed by atoms with E-state index in [1.54, 1.807) is 48.5 Å². The van der Waals surface area contributed by atoms with E-state index in [4.69, 9.17) is 16.3 Å². The van der Waals surface area contributed by atoms with Crippen LogP contribution in [0.2, 0.25) is 5.02 Å². The fourth-order valence-corrected chi connectivity index (χ4v) is 3.00. The number of nitriles is 1. The average Bonchev–Trinajstić information content (AvgIpc) is 2.80. The summed E-state index contributed by atoms with van der Waals surface area (Å²) in [7, 11) is 0. The molecule has 0 bridgehead atoms. The SMILES string of the molecule is Cc1ccc(NC(=O)COc2ccc(/C=C(/C#N)C(=O)Nc3ccc(Cl)cc3)cc2)cc1C. The molecule has 0 heterocycles. The minimum Gasteiger partial charge on any atom is -0.484 e. The van der Waals surface area contributed by atoms with Gasteiger partial charge in [-0.1, -0.05) is 29.8 Å². The third kappa shape index (κ3) is 6.96. The van der Waals surface area contributed by atoms with Gasteiger partial charge < -0.3 is 15.4 Å². The maximum Gasteiger partial charge on any atom is 0.266 e. The van der Waals surface area contributed by atoms with Crippen LogP contribution in [0.5, 0.6) is 5.75 Å². The van der Waals surface area contributed by atoms with Gasteiger partial charge in [0.25, 0.3) is 11.8 Å². The maximum atomic E-state index is 12.4. The number of nitrogens with one attached hydrogen (secondary N) is 2. The second-order valence-corrected chi connectivity index (χ2v) is 7.77. The highest BCUT2D eigenvalue weighted by Gasteiger charge is 2.10. The number of halogens is 1. The molecular weight excluding hydrogens is 438 g/mol. The Bertz CT molecular complexity index is 1230. The molecule has 3 rings (SSSR count). The molecular formula is C26H22ClN3O3. The zero-order valence-electron chi connectivity index (χ0n) is 18.2. The lowest BCUT2D eigenvalue weighted by atomic mass is 10.1. The summed E-state index contributed by atoms with van der Waals surface area (Å²) in [6.07, 6.45) is 1.47. The zero-order chi connectivity index (χ0) is 23.8. The number of hydrogen-bond acceptors (Lipinski definition) is 4. The molecule has 0 aromatic heterocycles. The van der Waals surface area contributed by atoms with Crippen LogP contribution in [0.1, 0.15) is 16.7 Å². The topological polar surface area (TPSA) is 91.2 Å². The first-order valence-corrected chi connectivity index (χ1v) is 10.5. The van der Waals surface area contributed by atoms with E-state index in [9.17, 15) is 14.9 Å². The van der Waals surface area contributed by atoms with E-state index in [2.05, 4.69) is 10.6 Å². The van der Waals surface area contributed by atoms with E-state index in [1.807, 2.05) is 38.1 Å². The molecule has 166 valence electrons. The smallest absolute Gasteiger partial charge is 0.266 e. The average molecular weight is 460 g/mol. The Morgan fingerprint density at radius 2 is 1.61 bits per heavy atom. The summed E-state index contributed by atoms with van der Waals surface area (Å²) in [6, 6.07) is 20.9. The fourth-order valence-electron chi connectivity index (χ4n) is 2.87. The number of ether oxygens (including phenoxy) is 1. The number of hydrogen-bond donors (Lipinski definition) is 2. The van der Waals surface area contributed by atoms with Gasteiger partial charge >= 0.3 is 0 Å². The number of benzene rings is 3. The second kappa shape index (κ2) is 11.0. The lowest BCUT2D eigenvalue weighted by Crippen LogP contribution is -2.20. The van der Waals surface area contributed by atoms with Crippen molar-refractivity contribution in [1.29, 1.82) is 5.26 Å². The highest BCUT2D eigenvalue weighted by Crippen LogP contribution is 2.18. The Kier molecular flexibility index (Phi) is 7.85. The van der Waals surface area contributed by atoms with Crippen molar-refractivity contribution >= 4 is 40.9 Å². The molecule has 0 aliphatic rings. The van der Waals surface area contributed by atoms with Gasteiger partial charge in [-0.25, -0.2) is 0 Å². The van der Waals surface area contributed by atoms with Gasteiger partial charge in [-0.15, -0.1) is 0 Å². The van der Waals surface area contributed by atoms with Gasteiger partial charge in [0.15, 0.2) is 6.61 Å². The molecule has 0 aliphatic carbocycles. The normalized spacial score (nSPS) is 10.8. The lowest BCUT2D eigenvalue weighted by molar-refractivity contribution is -0.118. The van der Waals surface area contributed by atoms with E-state index >= 15 is 0 Å². The summed E-state index contributed by atoms with van der Waals surface area (Å²) >= 11 is 5.84. The van der Waals surface area contributed by atoms with Gasteiger partial charge in [-0.3, -0.25) is 9.59 Å². The van der Waals surface area contributed by atoms with Gasteiger partial charge in [0.05, 0.1) is 0 Å². The van der Waals surface area contributed by atoms with E-state index in [1.165, 1.54) is 6.08 Å². The van der Waals surface area contributed by atoms with Crippen LogP contribution >= 0.6 is 11.6 Å². The minimum atomic E-state index is -0.525. The highest BCUT2D eigenvalue weighted by molar-refractivity contribution is 6.30. The number of carbonyl (C=O) groups is 2. The summed E-state index contributed by atoms with van der Waals surface area (Å²) in [5.41, 5.74) is 4.09. The van der Waals surface area contributed by atoms with E-state index in [0.29, 0.717) is 27.7 Å². The van der Waals surface area contributed by atoms with E-state index in [-0.39, 0.29) is 18.1 Å². The molecule has 3 aromatic carbocycles. The van der Waals surface area contributed by atoms with Crippen molar-refractivity contribution < 1.29 is 14.3 Å². The lowest BCUT2D eigenvalue weighted by Gasteiger charge is -2.09. The van der Waals surface area contributed by atoms with Crippen LogP contribution in [0.15, 0.2) is 72.3 Å². The van der Waals surface area contributed by atoms with Gasteiger partial charge in [0.2, 0.25) is 0 Å². The maximum absolute atomic E-state index is 12.4. The van der Waals surface area contributed by atoms with Crippen molar-refractivity contribution in [3.8, 4) is 11.8 Å². The summed E-state index contributed by atoms with van der Waals surface area (Å²) in [5, 5.41) is 15.4. The Morgan fingerprint density at radius 1 is 0.939 bits per heavy atom. The number of aryl methyl sites for hydroxylation is 2. The Morgan fingerprint density at radius 3 is 2.24 bits per heavy atom. The monoisotopic (exact) mass is 459 g/mol. The summed E-state index contributed by atoms with van der Waals surface area (Å²) in [5.74, 6) is -0.303. The largest absolute Gasteiger partial charge is 0.484 e. The van der Waals surface area contributed by atoms with Crippen molar-refractivity contribution in [2.75, 3.05) is 17.2 Å². The van der Waals surface area contributed by atoms with Crippen molar-refractivity contribution in [2.24, 2.45) is 0 Å². The summed E-state index contributed by atoms with van der Waals surface area (Å²) in [4.78, 5) is 24.5. The standard InChI is InChI=1S/C26H22ClN3O3/c1-17-3-8-23(13-18(17)2)29-25(31)16-33-24-11-4-19(5-12-24)14-20(15-28)26(32)30-22-9-6-21(27)7-10-22/h3-14H,16H2,1-2H3,(H,29,31)(H,30,32)/b20-14-. The Labute approximate surface area is 197 Å². The molecule has 0 saturated heterocycles. The van der Waals surface area contributed by atoms with Crippen molar-refractivity contribution in [3.05, 3.63) is 94.0 Å². The van der Waals surface area contributed by atoms with Crippen molar-refractivity contribution in [2.45, 2.75) is 13.8 Å². The number of carbonyl (C=O) groups excluding carboxylic acids is 2. The number of amides is 2. The first-order valence-electron chi connectivity index (χ1n) is 10.1. The second-order valence-electron chi connectivity index (χ2n) is 7.34. The first-order chi connectivity index (χ1) is 15.8. The predicted molar refractivity (Wildman–Crippen MR) is 130 cm³/mol. The molecule has 2 N–H and O–H groups in total. The van der Waals surface area contributed by atoms with Crippen molar-refractivity contribution in [3.63, 3.8) is 0 Å². The van der Waals surface area contributed by atoms with Crippen LogP contribution in [-0.2, 0) is 9.59 Å². The Hall–Kier alpha value is -4.08. The molecule has 7 heteroatoms. The van der Waals surface area contributed by atoms with Gasteiger partial charge in [-0.05, 0) is 85.1 Å². The van der Waals surface area contributed by atoms with Crippen LogP contribution < -0.4 is 15.4 Å². The molecule has 2 amide bonds. The van der Waals surface area contributed by atoms with Gasteiger partial charge in [-0.2, -0.15) is 5.26 Å². The van der Waals surface area contributed by atoms with Crippen LogP contribution in [0.25, 0.3) is 6.08 Å². The third-order valence-corrected chi connectivity index (χ3v) is 5.07. The highest BCUT2D eigenvalue weighted by atomic mass is 35.5. The van der Waals surface area contributed by atoms with Gasteiger partial charge in [0, 0.05) is 16.4 Å². The quantitative estimate of drug-likeness (QED) is 0.359.